The summed E-state index contributed by atoms with van der Waals surface area (Å²) in [6, 6.07) is 18.9. The van der Waals surface area contributed by atoms with Crippen LogP contribution in [0.5, 0.6) is 0 Å². The Morgan fingerprint density at radius 3 is 2.19 bits per heavy atom. The molecule has 0 bridgehead atoms. The Balaban J connectivity index is 1.33. The number of ether oxygens (including phenoxy) is 2. The van der Waals surface area contributed by atoms with E-state index in [-0.39, 0.29) is 12.5 Å². The number of urea groups is 1. The fraction of sp³-hybridized carbons (Fsp3) is 0.303. The maximum atomic E-state index is 13.1. The molecule has 3 amide bonds. The van der Waals surface area contributed by atoms with Gasteiger partial charge in [-0.25, -0.2) is 9.59 Å². The molecule has 0 saturated carbocycles. The van der Waals surface area contributed by atoms with Gasteiger partial charge in [0.25, 0.3) is 5.91 Å². The highest BCUT2D eigenvalue weighted by Crippen LogP contribution is 2.30. The molecule has 43 heavy (non-hydrogen) atoms. The number of hydrogen-bond donors (Lipinski definition) is 3. The van der Waals surface area contributed by atoms with Crippen LogP contribution in [0, 0.1) is 0 Å². The van der Waals surface area contributed by atoms with Gasteiger partial charge in [0.1, 0.15) is 0 Å². The molecule has 3 aromatic carbocycles. The summed E-state index contributed by atoms with van der Waals surface area (Å²) in [5, 5.41) is 9.37. The first-order valence-corrected chi connectivity index (χ1v) is 14.9. The molecule has 0 spiro atoms. The van der Waals surface area contributed by atoms with Crippen molar-refractivity contribution in [3.8, 4) is 0 Å². The molecule has 1 saturated heterocycles. The van der Waals surface area contributed by atoms with E-state index in [9.17, 15) is 14.4 Å². The highest BCUT2D eigenvalue weighted by atomic mass is 35.5. The van der Waals surface area contributed by atoms with Crippen LogP contribution in [0.3, 0.4) is 0 Å². The van der Waals surface area contributed by atoms with Crippen molar-refractivity contribution >= 4 is 52.4 Å². The Labute approximate surface area is 260 Å². The van der Waals surface area contributed by atoms with Crippen molar-refractivity contribution in [3.63, 3.8) is 0 Å². The molecule has 0 radical (unpaired) electrons. The lowest BCUT2D eigenvalue weighted by Crippen LogP contribution is -2.36. The van der Waals surface area contributed by atoms with Gasteiger partial charge in [-0.15, -0.1) is 0 Å². The summed E-state index contributed by atoms with van der Waals surface area (Å²) >= 11 is 12.2. The predicted octanol–water partition coefficient (Wildman–Crippen LogP) is 7.27. The van der Waals surface area contributed by atoms with E-state index in [1.807, 2.05) is 12.1 Å². The van der Waals surface area contributed by atoms with Crippen molar-refractivity contribution in [1.82, 2.24) is 10.6 Å². The average Bonchev–Trinajstić information content (AvgIpc) is 3.25. The number of amides is 3. The van der Waals surface area contributed by atoms with E-state index in [1.54, 1.807) is 56.3 Å². The third kappa shape index (κ3) is 7.96. The summed E-state index contributed by atoms with van der Waals surface area (Å²) in [6.07, 6.45) is 5.97. The molecule has 5 rings (SSSR count). The van der Waals surface area contributed by atoms with Crippen molar-refractivity contribution < 1.29 is 23.9 Å². The molecule has 2 aliphatic rings. The molecule has 224 valence electrons. The Morgan fingerprint density at radius 2 is 1.60 bits per heavy atom. The van der Waals surface area contributed by atoms with Crippen molar-refractivity contribution in [2.75, 3.05) is 11.9 Å². The molecule has 1 aliphatic carbocycles. The number of hydrogen-bond acceptors (Lipinski definition) is 5. The number of carbonyl (C=O) groups excluding carboxylic acids is 3. The second-order valence-corrected chi connectivity index (χ2v) is 11.9. The minimum Gasteiger partial charge on any atom is -0.432 e. The van der Waals surface area contributed by atoms with Gasteiger partial charge in [-0.2, -0.15) is 0 Å². The van der Waals surface area contributed by atoms with Gasteiger partial charge in [0, 0.05) is 35.1 Å². The van der Waals surface area contributed by atoms with Gasteiger partial charge in [0.2, 0.25) is 5.79 Å². The quantitative estimate of drug-likeness (QED) is 0.229. The van der Waals surface area contributed by atoms with E-state index in [1.165, 1.54) is 24.0 Å². The summed E-state index contributed by atoms with van der Waals surface area (Å²) in [4.78, 5) is 37.9. The summed E-state index contributed by atoms with van der Waals surface area (Å²) in [5.74, 6) is -1.90. The van der Waals surface area contributed by atoms with E-state index in [4.69, 9.17) is 32.7 Å². The number of nitrogens with one attached hydrogen (secondary N) is 3. The number of halogens is 2. The van der Waals surface area contributed by atoms with Gasteiger partial charge < -0.3 is 25.4 Å². The van der Waals surface area contributed by atoms with Crippen molar-refractivity contribution in [1.29, 1.82) is 0 Å². The second-order valence-electron chi connectivity index (χ2n) is 11.0. The smallest absolute Gasteiger partial charge is 0.339 e. The first kappa shape index (κ1) is 30.6. The number of carbonyl (C=O) groups is 3. The summed E-state index contributed by atoms with van der Waals surface area (Å²) in [7, 11) is 0. The summed E-state index contributed by atoms with van der Waals surface area (Å²) in [6.45, 7) is 3.27. The zero-order chi connectivity index (χ0) is 30.6. The largest absolute Gasteiger partial charge is 0.432 e. The van der Waals surface area contributed by atoms with Crippen LogP contribution in [0.1, 0.15) is 72.6 Å². The fourth-order valence-electron chi connectivity index (χ4n) is 5.24. The van der Waals surface area contributed by atoms with Crippen LogP contribution < -0.4 is 16.0 Å². The van der Waals surface area contributed by atoms with Gasteiger partial charge in [-0.3, -0.25) is 4.79 Å². The predicted molar refractivity (Wildman–Crippen MR) is 167 cm³/mol. The molecule has 3 aromatic rings. The number of allylic oxidation sites excluding steroid dienone is 2. The van der Waals surface area contributed by atoms with Crippen LogP contribution in [-0.2, 0) is 14.3 Å². The molecule has 1 heterocycles. The maximum absolute atomic E-state index is 13.1. The first-order chi connectivity index (χ1) is 20.6. The van der Waals surface area contributed by atoms with E-state index < -0.39 is 29.9 Å². The SMILES string of the molecule is CC1(C)OC(=O)C(CNC(=O)c2ccc(C(NC(=O)Nc3cc(Cl)cc(Cl)c3)c3ccc(C4=CCCCC4)cc3)cc2)O1. The van der Waals surface area contributed by atoms with E-state index >= 15 is 0 Å². The number of rotatable bonds is 8. The molecule has 3 N–H and O–H groups in total. The van der Waals surface area contributed by atoms with Crippen molar-refractivity contribution in [3.05, 3.63) is 105 Å². The molecule has 1 fully saturated rings. The number of cyclic esters (lactones) is 1. The van der Waals surface area contributed by atoms with Gasteiger partial charge >= 0.3 is 12.0 Å². The highest BCUT2D eigenvalue weighted by molar-refractivity contribution is 6.35. The lowest BCUT2D eigenvalue weighted by Gasteiger charge is -2.22. The average molecular weight is 623 g/mol. The van der Waals surface area contributed by atoms with Crippen LogP contribution in [0.25, 0.3) is 5.57 Å². The summed E-state index contributed by atoms with van der Waals surface area (Å²) < 4.78 is 10.7. The van der Waals surface area contributed by atoms with E-state index in [0.29, 0.717) is 21.3 Å². The Hall–Kier alpha value is -3.85. The lowest BCUT2D eigenvalue weighted by molar-refractivity contribution is -0.160. The zero-order valence-electron chi connectivity index (χ0n) is 23.9. The van der Waals surface area contributed by atoms with E-state index in [2.05, 4.69) is 34.2 Å². The maximum Gasteiger partial charge on any atom is 0.339 e. The van der Waals surface area contributed by atoms with Crippen LogP contribution >= 0.6 is 23.2 Å². The monoisotopic (exact) mass is 621 g/mol. The van der Waals surface area contributed by atoms with Crippen LogP contribution in [-0.4, -0.2) is 36.3 Å². The lowest BCUT2D eigenvalue weighted by atomic mass is 9.91. The molecule has 10 heteroatoms. The van der Waals surface area contributed by atoms with Gasteiger partial charge in [-0.1, -0.05) is 65.7 Å². The topological polar surface area (TPSA) is 106 Å². The number of anilines is 1. The van der Waals surface area contributed by atoms with Gasteiger partial charge in [0.15, 0.2) is 6.10 Å². The second kappa shape index (κ2) is 13.2. The minimum atomic E-state index is -1.02. The normalized spacial score (nSPS) is 18.3. The Bertz CT molecular complexity index is 1520. The minimum absolute atomic E-state index is 0.0104. The third-order valence-corrected chi connectivity index (χ3v) is 7.73. The van der Waals surface area contributed by atoms with Crippen LogP contribution in [0.15, 0.2) is 72.8 Å². The highest BCUT2D eigenvalue weighted by Gasteiger charge is 2.41. The molecular formula is C33H33Cl2N3O5. The number of benzene rings is 3. The van der Waals surface area contributed by atoms with Gasteiger partial charge in [-0.05, 0) is 78.3 Å². The van der Waals surface area contributed by atoms with Crippen LogP contribution in [0.4, 0.5) is 10.5 Å². The molecule has 1 aliphatic heterocycles. The van der Waals surface area contributed by atoms with E-state index in [0.717, 1.165) is 24.0 Å². The number of esters is 1. The standard InChI is InChI=1S/C33H33Cl2N3O5/c1-33(2)42-28(31(40)43-33)19-36-30(39)24-14-12-23(13-15-24)29(38-32(41)37-27-17-25(34)16-26(35)18-27)22-10-8-21(9-11-22)20-6-4-3-5-7-20/h6,8-18,28-29H,3-5,7,19H2,1-2H3,(H,36,39)(H2,37,38,41). The molecular weight excluding hydrogens is 589 g/mol. The third-order valence-electron chi connectivity index (χ3n) is 7.29. The Kier molecular flexibility index (Phi) is 9.40. The van der Waals surface area contributed by atoms with Crippen molar-refractivity contribution in [2.24, 2.45) is 0 Å². The fourth-order valence-corrected chi connectivity index (χ4v) is 5.76. The van der Waals surface area contributed by atoms with Crippen molar-refractivity contribution in [2.45, 2.75) is 57.5 Å². The van der Waals surface area contributed by atoms with Crippen LogP contribution in [0.2, 0.25) is 10.0 Å². The molecule has 8 nitrogen and oxygen atoms in total. The molecule has 2 unspecified atom stereocenters. The van der Waals surface area contributed by atoms with Gasteiger partial charge in [0.05, 0.1) is 12.6 Å². The Morgan fingerprint density at radius 1 is 0.953 bits per heavy atom. The summed E-state index contributed by atoms with van der Waals surface area (Å²) in [5.41, 5.74) is 5.00. The zero-order valence-corrected chi connectivity index (χ0v) is 25.4. The molecule has 0 aromatic heterocycles. The first-order valence-electron chi connectivity index (χ1n) is 14.2. The molecule has 2 atom stereocenters.